The van der Waals surface area contributed by atoms with E-state index in [1.165, 1.54) is 43.3 Å². The second-order valence-corrected chi connectivity index (χ2v) is 3.67. The molecule has 0 atom stereocenters. The van der Waals surface area contributed by atoms with Gasteiger partial charge in [-0.3, -0.25) is 0 Å². The minimum atomic E-state index is 1.17. The molecule has 0 aliphatic carbocycles. The highest BCUT2D eigenvalue weighted by Crippen LogP contribution is 2.12. The number of rotatable bonds is 6. The zero-order chi connectivity index (χ0) is 9.40. The van der Waals surface area contributed by atoms with Gasteiger partial charge in [-0.2, -0.15) is 0 Å². The monoisotopic (exact) mass is 166 g/mol. The molecule has 0 nitrogen and oxygen atoms in total. The van der Waals surface area contributed by atoms with Crippen molar-refractivity contribution in [1.29, 1.82) is 0 Å². The molecule has 0 spiro atoms. The van der Waals surface area contributed by atoms with Crippen LogP contribution in [-0.4, -0.2) is 0 Å². The Bertz CT molecular complexity index is 147. The molecular formula is C12H22. The van der Waals surface area contributed by atoms with Gasteiger partial charge < -0.3 is 0 Å². The molecule has 0 radical (unpaired) electrons. The van der Waals surface area contributed by atoms with Crippen molar-refractivity contribution in [2.24, 2.45) is 0 Å². The van der Waals surface area contributed by atoms with Crippen molar-refractivity contribution in [1.82, 2.24) is 0 Å². The summed E-state index contributed by atoms with van der Waals surface area (Å²) >= 11 is 0. The van der Waals surface area contributed by atoms with Crippen molar-refractivity contribution >= 4 is 0 Å². The van der Waals surface area contributed by atoms with Crippen molar-refractivity contribution in [3.8, 4) is 0 Å². The van der Waals surface area contributed by atoms with Crippen molar-refractivity contribution < 1.29 is 0 Å². The Morgan fingerprint density at radius 1 is 1.25 bits per heavy atom. The number of hydrogen-bond donors (Lipinski definition) is 0. The van der Waals surface area contributed by atoms with Gasteiger partial charge in [-0.1, -0.05) is 37.1 Å². The highest BCUT2D eigenvalue weighted by atomic mass is 14.0. The average molecular weight is 166 g/mol. The summed E-state index contributed by atoms with van der Waals surface area (Å²) in [6.45, 7) is 10.6. The standard InChI is InChI=1S/C12H22/c1-5-6-9-12(4)10-7-8-11(2)3/h8H,4-7,9-10H2,1-3H3. The van der Waals surface area contributed by atoms with Crippen LogP contribution in [0.4, 0.5) is 0 Å². The second kappa shape index (κ2) is 7.15. The SMILES string of the molecule is C=C(CCC=C(C)C)CCCC. The molecule has 0 aromatic heterocycles. The second-order valence-electron chi connectivity index (χ2n) is 3.67. The lowest BCUT2D eigenvalue weighted by atomic mass is 10.1. The first-order valence-corrected chi connectivity index (χ1v) is 4.96. The van der Waals surface area contributed by atoms with E-state index in [0.29, 0.717) is 0 Å². The van der Waals surface area contributed by atoms with Gasteiger partial charge in [0, 0.05) is 0 Å². The van der Waals surface area contributed by atoms with E-state index in [0.717, 1.165) is 0 Å². The first-order chi connectivity index (χ1) is 5.66. The Labute approximate surface area is 77.4 Å². The van der Waals surface area contributed by atoms with Gasteiger partial charge in [-0.25, -0.2) is 0 Å². The molecule has 0 saturated heterocycles. The first-order valence-electron chi connectivity index (χ1n) is 4.96. The van der Waals surface area contributed by atoms with Gasteiger partial charge in [0.2, 0.25) is 0 Å². The van der Waals surface area contributed by atoms with Gasteiger partial charge in [0.15, 0.2) is 0 Å². The van der Waals surface area contributed by atoms with E-state index in [-0.39, 0.29) is 0 Å². The van der Waals surface area contributed by atoms with Crippen LogP contribution in [0, 0.1) is 0 Å². The largest absolute Gasteiger partial charge is 0.0999 e. The predicted molar refractivity (Wildman–Crippen MR) is 57.3 cm³/mol. The molecule has 70 valence electrons. The fourth-order valence-corrected chi connectivity index (χ4v) is 1.12. The molecule has 0 saturated carbocycles. The molecule has 0 aliphatic rings. The molecule has 0 unspecified atom stereocenters. The molecule has 12 heavy (non-hydrogen) atoms. The van der Waals surface area contributed by atoms with Crippen LogP contribution in [0.15, 0.2) is 23.8 Å². The van der Waals surface area contributed by atoms with Crippen molar-refractivity contribution in [3.05, 3.63) is 23.8 Å². The molecule has 0 N–H and O–H groups in total. The van der Waals surface area contributed by atoms with Crippen molar-refractivity contribution in [2.75, 3.05) is 0 Å². The molecule has 0 bridgehead atoms. The maximum Gasteiger partial charge on any atom is -0.0288 e. The minimum Gasteiger partial charge on any atom is -0.0999 e. The van der Waals surface area contributed by atoms with Crippen molar-refractivity contribution in [2.45, 2.75) is 52.9 Å². The molecule has 0 rings (SSSR count). The van der Waals surface area contributed by atoms with E-state index in [1.807, 2.05) is 0 Å². The number of hydrogen-bond acceptors (Lipinski definition) is 0. The molecule has 0 aromatic rings. The molecule has 0 amide bonds. The fourth-order valence-electron chi connectivity index (χ4n) is 1.12. The molecule has 0 heteroatoms. The Balaban J connectivity index is 3.38. The third kappa shape index (κ3) is 7.59. The maximum atomic E-state index is 4.06. The first kappa shape index (κ1) is 11.5. The quantitative estimate of drug-likeness (QED) is 0.510. The smallest absolute Gasteiger partial charge is 0.0288 e. The highest BCUT2D eigenvalue weighted by molar-refractivity contribution is 4.99. The summed E-state index contributed by atoms with van der Waals surface area (Å²) in [6, 6.07) is 0. The zero-order valence-electron chi connectivity index (χ0n) is 8.82. The van der Waals surface area contributed by atoms with Crippen LogP contribution in [0.3, 0.4) is 0 Å². The normalized spacial score (nSPS) is 9.58. The van der Waals surface area contributed by atoms with Gasteiger partial charge in [0.25, 0.3) is 0 Å². The summed E-state index contributed by atoms with van der Waals surface area (Å²) in [6.07, 6.45) is 8.43. The van der Waals surface area contributed by atoms with Gasteiger partial charge >= 0.3 is 0 Å². The predicted octanol–water partition coefficient (Wildman–Crippen LogP) is 4.48. The van der Waals surface area contributed by atoms with Crippen LogP contribution in [0.1, 0.15) is 52.9 Å². The lowest BCUT2D eigenvalue weighted by molar-refractivity contribution is 0.756. The van der Waals surface area contributed by atoms with Gasteiger partial charge in [-0.05, 0) is 39.5 Å². The lowest BCUT2D eigenvalue weighted by Crippen LogP contribution is -1.81. The van der Waals surface area contributed by atoms with E-state index in [4.69, 9.17) is 0 Å². The summed E-state index contributed by atoms with van der Waals surface area (Å²) in [4.78, 5) is 0. The third-order valence-corrected chi connectivity index (χ3v) is 1.93. The molecule has 0 fully saturated rings. The Morgan fingerprint density at radius 3 is 2.42 bits per heavy atom. The van der Waals surface area contributed by atoms with Crippen LogP contribution in [0.5, 0.6) is 0 Å². The maximum absolute atomic E-state index is 4.06. The van der Waals surface area contributed by atoms with Crippen LogP contribution in [0.25, 0.3) is 0 Å². The Hall–Kier alpha value is -0.520. The Kier molecular flexibility index (Phi) is 6.84. The topological polar surface area (TPSA) is 0 Å². The van der Waals surface area contributed by atoms with Gasteiger partial charge in [-0.15, -0.1) is 0 Å². The van der Waals surface area contributed by atoms with Crippen LogP contribution >= 0.6 is 0 Å². The molecule has 0 aromatic carbocycles. The fraction of sp³-hybridized carbons (Fsp3) is 0.667. The molecular weight excluding hydrogens is 144 g/mol. The van der Waals surface area contributed by atoms with Crippen molar-refractivity contribution in [3.63, 3.8) is 0 Å². The van der Waals surface area contributed by atoms with Crippen LogP contribution in [0.2, 0.25) is 0 Å². The van der Waals surface area contributed by atoms with E-state index in [9.17, 15) is 0 Å². The minimum absolute atomic E-state index is 1.17. The summed E-state index contributed by atoms with van der Waals surface area (Å²) in [7, 11) is 0. The Morgan fingerprint density at radius 2 is 1.92 bits per heavy atom. The lowest BCUT2D eigenvalue weighted by Gasteiger charge is -2.01. The average Bonchev–Trinajstić information content (AvgIpc) is 2.00. The third-order valence-electron chi connectivity index (χ3n) is 1.93. The summed E-state index contributed by atoms with van der Waals surface area (Å²) in [5, 5.41) is 0. The summed E-state index contributed by atoms with van der Waals surface area (Å²) < 4.78 is 0. The van der Waals surface area contributed by atoms with E-state index in [1.54, 1.807) is 0 Å². The number of unbranched alkanes of at least 4 members (excludes halogenated alkanes) is 1. The zero-order valence-corrected chi connectivity index (χ0v) is 8.82. The van der Waals surface area contributed by atoms with E-state index >= 15 is 0 Å². The van der Waals surface area contributed by atoms with Gasteiger partial charge in [0.1, 0.15) is 0 Å². The summed E-state index contributed by atoms with van der Waals surface area (Å²) in [5.74, 6) is 0. The van der Waals surface area contributed by atoms with E-state index < -0.39 is 0 Å². The van der Waals surface area contributed by atoms with Crippen LogP contribution < -0.4 is 0 Å². The van der Waals surface area contributed by atoms with Crippen LogP contribution in [-0.2, 0) is 0 Å². The summed E-state index contributed by atoms with van der Waals surface area (Å²) in [5.41, 5.74) is 2.83. The van der Waals surface area contributed by atoms with Gasteiger partial charge in [0.05, 0.1) is 0 Å². The molecule has 0 heterocycles. The van der Waals surface area contributed by atoms with E-state index in [2.05, 4.69) is 33.4 Å². The molecule has 0 aliphatic heterocycles. The number of allylic oxidation sites excluding steroid dienone is 3. The highest BCUT2D eigenvalue weighted by Gasteiger charge is 1.92.